The third-order valence-corrected chi connectivity index (χ3v) is 5.88. The molecule has 2 unspecified atom stereocenters. The molecule has 0 spiro atoms. The third-order valence-electron chi connectivity index (χ3n) is 5.88. The zero-order valence-electron chi connectivity index (χ0n) is 19.1. The highest BCUT2D eigenvalue weighted by molar-refractivity contribution is 5.79. The first kappa shape index (κ1) is 23.5. The van der Waals surface area contributed by atoms with Crippen molar-refractivity contribution in [2.24, 2.45) is 10.9 Å². The van der Waals surface area contributed by atoms with E-state index in [1.165, 1.54) is 38.3 Å². The van der Waals surface area contributed by atoms with Crippen LogP contribution in [-0.2, 0) is 0 Å². The molecule has 1 aromatic carbocycles. The van der Waals surface area contributed by atoms with Gasteiger partial charge in [-0.15, -0.1) is 0 Å². The van der Waals surface area contributed by atoms with E-state index in [0.717, 1.165) is 37.8 Å². The number of hydrogen-bond acceptors (Lipinski definition) is 4. The van der Waals surface area contributed by atoms with Crippen molar-refractivity contribution >= 4 is 5.96 Å². The number of hydrogen-bond donors (Lipinski definition) is 2. The second-order valence-corrected chi connectivity index (χ2v) is 8.18. The standard InChI is InChI=1S/C23H41N5O/c1-6-27-13-15-28(16-14-27)18-19(2)17-26-23(24-4)25-12-11-20(3)21-7-9-22(29-5)10-8-21/h7-10,19-20H,6,11-18H2,1-5H3,(H2,24,25,26). The van der Waals surface area contributed by atoms with Gasteiger partial charge in [-0.05, 0) is 42.5 Å². The molecule has 0 aromatic heterocycles. The van der Waals surface area contributed by atoms with Crippen molar-refractivity contribution in [3.63, 3.8) is 0 Å². The van der Waals surface area contributed by atoms with Gasteiger partial charge in [0, 0.05) is 52.9 Å². The lowest BCUT2D eigenvalue weighted by Crippen LogP contribution is -2.48. The first-order valence-electron chi connectivity index (χ1n) is 11.1. The van der Waals surface area contributed by atoms with Crippen molar-refractivity contribution in [1.82, 2.24) is 20.4 Å². The summed E-state index contributed by atoms with van der Waals surface area (Å²) >= 11 is 0. The summed E-state index contributed by atoms with van der Waals surface area (Å²) in [4.78, 5) is 9.49. The van der Waals surface area contributed by atoms with Crippen LogP contribution in [0.5, 0.6) is 5.75 Å². The highest BCUT2D eigenvalue weighted by Gasteiger charge is 2.17. The van der Waals surface area contributed by atoms with Crippen molar-refractivity contribution in [3.8, 4) is 5.75 Å². The van der Waals surface area contributed by atoms with Gasteiger partial charge in [-0.2, -0.15) is 0 Å². The zero-order chi connectivity index (χ0) is 21.1. The van der Waals surface area contributed by atoms with Crippen LogP contribution in [0.2, 0.25) is 0 Å². The second kappa shape index (κ2) is 12.7. The Labute approximate surface area is 177 Å². The van der Waals surface area contributed by atoms with Crippen molar-refractivity contribution in [2.75, 3.05) is 66.5 Å². The number of nitrogens with one attached hydrogen (secondary N) is 2. The molecule has 2 rings (SSSR count). The molecule has 0 radical (unpaired) electrons. The van der Waals surface area contributed by atoms with Crippen molar-refractivity contribution in [1.29, 1.82) is 0 Å². The lowest BCUT2D eigenvalue weighted by atomic mass is 9.98. The molecule has 0 aliphatic carbocycles. The monoisotopic (exact) mass is 403 g/mol. The van der Waals surface area contributed by atoms with E-state index in [1.807, 2.05) is 19.2 Å². The number of benzene rings is 1. The summed E-state index contributed by atoms with van der Waals surface area (Å²) < 4.78 is 5.24. The maximum atomic E-state index is 5.24. The fourth-order valence-corrected chi connectivity index (χ4v) is 3.79. The average molecular weight is 404 g/mol. The predicted molar refractivity (Wildman–Crippen MR) is 123 cm³/mol. The molecule has 1 aliphatic heterocycles. The molecule has 164 valence electrons. The van der Waals surface area contributed by atoms with Crippen LogP contribution in [0.25, 0.3) is 0 Å². The molecule has 1 aliphatic rings. The Balaban J connectivity index is 1.64. The molecule has 2 N–H and O–H groups in total. The van der Waals surface area contributed by atoms with Gasteiger partial charge >= 0.3 is 0 Å². The fourth-order valence-electron chi connectivity index (χ4n) is 3.79. The Bertz CT molecular complexity index is 596. The average Bonchev–Trinajstić information content (AvgIpc) is 2.76. The first-order valence-corrected chi connectivity index (χ1v) is 11.1. The van der Waals surface area contributed by atoms with E-state index in [-0.39, 0.29) is 0 Å². The van der Waals surface area contributed by atoms with E-state index in [9.17, 15) is 0 Å². The van der Waals surface area contributed by atoms with Gasteiger partial charge in [-0.3, -0.25) is 4.99 Å². The largest absolute Gasteiger partial charge is 0.497 e. The fraction of sp³-hybridized carbons (Fsp3) is 0.696. The normalized spacial score (nSPS) is 18.3. The molecule has 0 saturated carbocycles. The van der Waals surface area contributed by atoms with Crippen LogP contribution in [0.15, 0.2) is 29.3 Å². The molecule has 0 amide bonds. The Kier molecular flexibility index (Phi) is 10.3. The van der Waals surface area contributed by atoms with Crippen LogP contribution in [-0.4, -0.2) is 82.3 Å². The molecule has 1 saturated heterocycles. The van der Waals surface area contributed by atoms with Crippen LogP contribution in [0.4, 0.5) is 0 Å². The number of rotatable bonds is 10. The predicted octanol–water partition coefficient (Wildman–Crippen LogP) is 2.63. The molecule has 1 fully saturated rings. The Morgan fingerprint density at radius 3 is 2.31 bits per heavy atom. The summed E-state index contributed by atoms with van der Waals surface area (Å²) in [7, 11) is 3.55. The van der Waals surface area contributed by atoms with Crippen LogP contribution >= 0.6 is 0 Å². The van der Waals surface area contributed by atoms with Crippen molar-refractivity contribution in [2.45, 2.75) is 33.1 Å². The smallest absolute Gasteiger partial charge is 0.190 e. The number of likely N-dealkylation sites (N-methyl/N-ethyl adjacent to an activating group) is 1. The molecule has 6 nitrogen and oxygen atoms in total. The number of methoxy groups -OCH3 is 1. The third kappa shape index (κ3) is 8.23. The van der Waals surface area contributed by atoms with Gasteiger partial charge in [0.25, 0.3) is 0 Å². The number of nitrogens with zero attached hydrogens (tertiary/aromatic N) is 3. The molecule has 6 heteroatoms. The van der Waals surface area contributed by atoms with Gasteiger partial charge in [-0.1, -0.05) is 32.9 Å². The van der Waals surface area contributed by atoms with Gasteiger partial charge in [0.2, 0.25) is 0 Å². The number of ether oxygens (including phenoxy) is 1. The Morgan fingerprint density at radius 2 is 1.72 bits per heavy atom. The molecule has 1 aromatic rings. The Morgan fingerprint density at radius 1 is 1.07 bits per heavy atom. The van der Waals surface area contributed by atoms with Crippen LogP contribution in [0.3, 0.4) is 0 Å². The van der Waals surface area contributed by atoms with Gasteiger partial charge in [0.15, 0.2) is 5.96 Å². The van der Waals surface area contributed by atoms with Gasteiger partial charge in [0.05, 0.1) is 7.11 Å². The lowest BCUT2D eigenvalue weighted by molar-refractivity contribution is 0.124. The summed E-state index contributed by atoms with van der Waals surface area (Å²) in [6.07, 6.45) is 1.06. The molecular formula is C23H41N5O. The van der Waals surface area contributed by atoms with E-state index in [4.69, 9.17) is 4.74 Å². The van der Waals surface area contributed by atoms with E-state index < -0.39 is 0 Å². The second-order valence-electron chi connectivity index (χ2n) is 8.18. The summed E-state index contributed by atoms with van der Waals surface area (Å²) in [5.41, 5.74) is 1.34. The van der Waals surface area contributed by atoms with E-state index in [0.29, 0.717) is 11.8 Å². The minimum Gasteiger partial charge on any atom is -0.497 e. The molecule has 1 heterocycles. The minimum atomic E-state index is 0.493. The summed E-state index contributed by atoms with van der Waals surface area (Å²) in [6, 6.07) is 8.36. The van der Waals surface area contributed by atoms with Crippen molar-refractivity contribution < 1.29 is 4.74 Å². The first-order chi connectivity index (χ1) is 14.0. The topological polar surface area (TPSA) is 52.1 Å². The highest BCUT2D eigenvalue weighted by atomic mass is 16.5. The quantitative estimate of drug-likeness (QED) is 0.465. The zero-order valence-corrected chi connectivity index (χ0v) is 19.1. The number of aliphatic imine (C=N–C) groups is 1. The molecule has 0 bridgehead atoms. The Hall–Kier alpha value is -1.79. The number of piperazine rings is 1. The van der Waals surface area contributed by atoms with Crippen LogP contribution < -0.4 is 15.4 Å². The summed E-state index contributed by atoms with van der Waals surface area (Å²) in [5, 5.41) is 6.95. The van der Waals surface area contributed by atoms with E-state index >= 15 is 0 Å². The van der Waals surface area contributed by atoms with Crippen LogP contribution in [0, 0.1) is 5.92 Å². The SMILES string of the molecule is CCN1CCN(CC(C)CNC(=NC)NCCC(C)c2ccc(OC)cc2)CC1. The van der Waals surface area contributed by atoms with Gasteiger partial charge < -0.3 is 25.2 Å². The highest BCUT2D eigenvalue weighted by Crippen LogP contribution is 2.21. The van der Waals surface area contributed by atoms with Crippen LogP contribution in [0.1, 0.15) is 38.7 Å². The van der Waals surface area contributed by atoms with Crippen molar-refractivity contribution in [3.05, 3.63) is 29.8 Å². The maximum Gasteiger partial charge on any atom is 0.190 e. The number of guanidine groups is 1. The molecular weight excluding hydrogens is 362 g/mol. The lowest BCUT2D eigenvalue weighted by Gasteiger charge is -2.35. The minimum absolute atomic E-state index is 0.493. The molecule has 2 atom stereocenters. The molecule has 29 heavy (non-hydrogen) atoms. The van der Waals surface area contributed by atoms with E-state index in [1.54, 1.807) is 7.11 Å². The van der Waals surface area contributed by atoms with Gasteiger partial charge in [-0.25, -0.2) is 0 Å². The summed E-state index contributed by atoms with van der Waals surface area (Å²) in [6.45, 7) is 15.8. The summed E-state index contributed by atoms with van der Waals surface area (Å²) in [5.74, 6) is 2.90. The van der Waals surface area contributed by atoms with Gasteiger partial charge in [0.1, 0.15) is 5.75 Å². The maximum absolute atomic E-state index is 5.24. The van der Waals surface area contributed by atoms with E-state index in [2.05, 4.69) is 58.3 Å².